The molecule has 0 unspecified atom stereocenters. The van der Waals surface area contributed by atoms with E-state index in [0.717, 1.165) is 11.5 Å². The Labute approximate surface area is 146 Å². The Balaban J connectivity index is 1.64. The predicted molar refractivity (Wildman–Crippen MR) is 92.6 cm³/mol. The minimum atomic E-state index is -0.404. The summed E-state index contributed by atoms with van der Waals surface area (Å²) < 4.78 is 5.05. The summed E-state index contributed by atoms with van der Waals surface area (Å²) in [5.41, 5.74) is 1.44. The number of carbonyl (C=O) groups excluding carboxylic acids is 2. The first-order chi connectivity index (χ1) is 12.0. The Kier molecular flexibility index (Phi) is 4.92. The second-order valence-corrected chi connectivity index (χ2v) is 5.92. The van der Waals surface area contributed by atoms with Gasteiger partial charge in [0.1, 0.15) is 17.9 Å². The SMILES string of the molecule is CC(=O)Oc1cccc(C(=O)N2CCN(c3cc(C)ncn3)CC2)c1. The van der Waals surface area contributed by atoms with Gasteiger partial charge in [0.2, 0.25) is 0 Å². The number of benzene rings is 1. The van der Waals surface area contributed by atoms with Gasteiger partial charge in [-0.3, -0.25) is 9.59 Å². The van der Waals surface area contributed by atoms with Gasteiger partial charge >= 0.3 is 5.97 Å². The molecule has 1 aromatic heterocycles. The van der Waals surface area contributed by atoms with Crippen molar-refractivity contribution in [2.45, 2.75) is 13.8 Å². The summed E-state index contributed by atoms with van der Waals surface area (Å²) in [5, 5.41) is 0. The molecule has 1 aliphatic heterocycles. The highest BCUT2D eigenvalue weighted by atomic mass is 16.5. The summed E-state index contributed by atoms with van der Waals surface area (Å²) in [7, 11) is 0. The molecule has 1 amide bonds. The topological polar surface area (TPSA) is 75.6 Å². The Morgan fingerprint density at radius 1 is 1.08 bits per heavy atom. The number of esters is 1. The maximum absolute atomic E-state index is 12.7. The van der Waals surface area contributed by atoms with Crippen LogP contribution in [0.4, 0.5) is 5.82 Å². The van der Waals surface area contributed by atoms with Gasteiger partial charge in [-0.15, -0.1) is 0 Å². The number of carbonyl (C=O) groups is 2. The summed E-state index contributed by atoms with van der Waals surface area (Å²) in [6.45, 7) is 5.92. The zero-order valence-electron chi connectivity index (χ0n) is 14.3. The quantitative estimate of drug-likeness (QED) is 0.625. The van der Waals surface area contributed by atoms with E-state index in [1.807, 2.05) is 13.0 Å². The van der Waals surface area contributed by atoms with Gasteiger partial charge in [0.05, 0.1) is 0 Å². The van der Waals surface area contributed by atoms with Crippen LogP contribution in [0.1, 0.15) is 23.0 Å². The molecular weight excluding hydrogens is 320 g/mol. The van der Waals surface area contributed by atoms with Crippen molar-refractivity contribution >= 4 is 17.7 Å². The maximum atomic E-state index is 12.7. The molecule has 130 valence electrons. The zero-order valence-corrected chi connectivity index (χ0v) is 14.3. The fraction of sp³-hybridized carbons (Fsp3) is 0.333. The van der Waals surface area contributed by atoms with Gasteiger partial charge in [0.25, 0.3) is 5.91 Å². The molecular formula is C18H20N4O3. The lowest BCUT2D eigenvalue weighted by Crippen LogP contribution is -2.49. The first-order valence-electron chi connectivity index (χ1n) is 8.14. The molecule has 0 atom stereocenters. The van der Waals surface area contributed by atoms with Crippen molar-refractivity contribution < 1.29 is 14.3 Å². The fourth-order valence-corrected chi connectivity index (χ4v) is 2.79. The van der Waals surface area contributed by atoms with E-state index < -0.39 is 5.97 Å². The van der Waals surface area contributed by atoms with Crippen LogP contribution in [0.5, 0.6) is 5.75 Å². The molecule has 1 fully saturated rings. The van der Waals surface area contributed by atoms with Crippen LogP contribution in [0.2, 0.25) is 0 Å². The molecule has 1 aromatic carbocycles. The summed E-state index contributed by atoms with van der Waals surface area (Å²) in [6.07, 6.45) is 1.56. The van der Waals surface area contributed by atoms with Crippen LogP contribution >= 0.6 is 0 Å². The van der Waals surface area contributed by atoms with E-state index in [2.05, 4.69) is 14.9 Å². The first kappa shape index (κ1) is 16.9. The largest absolute Gasteiger partial charge is 0.427 e. The van der Waals surface area contributed by atoms with E-state index in [-0.39, 0.29) is 5.91 Å². The highest BCUT2D eigenvalue weighted by Gasteiger charge is 2.23. The molecule has 2 heterocycles. The van der Waals surface area contributed by atoms with E-state index in [1.165, 1.54) is 6.92 Å². The van der Waals surface area contributed by atoms with Gasteiger partial charge < -0.3 is 14.5 Å². The highest BCUT2D eigenvalue weighted by Crippen LogP contribution is 2.18. The van der Waals surface area contributed by atoms with Crippen molar-refractivity contribution in [2.75, 3.05) is 31.1 Å². The van der Waals surface area contributed by atoms with Crippen LogP contribution in [-0.2, 0) is 4.79 Å². The van der Waals surface area contributed by atoms with E-state index in [1.54, 1.807) is 35.5 Å². The Hall–Kier alpha value is -2.96. The molecule has 0 aliphatic carbocycles. The van der Waals surface area contributed by atoms with Gasteiger partial charge in [-0.25, -0.2) is 9.97 Å². The van der Waals surface area contributed by atoms with Gasteiger partial charge in [-0.2, -0.15) is 0 Å². The molecule has 0 spiro atoms. The lowest BCUT2D eigenvalue weighted by Gasteiger charge is -2.35. The van der Waals surface area contributed by atoms with Crippen LogP contribution in [0.15, 0.2) is 36.7 Å². The van der Waals surface area contributed by atoms with Crippen molar-refractivity contribution in [1.82, 2.24) is 14.9 Å². The van der Waals surface area contributed by atoms with Gasteiger partial charge in [-0.05, 0) is 25.1 Å². The molecule has 7 heteroatoms. The summed E-state index contributed by atoms with van der Waals surface area (Å²) in [4.78, 5) is 36.1. The second kappa shape index (κ2) is 7.29. The van der Waals surface area contributed by atoms with Crippen LogP contribution in [-0.4, -0.2) is 52.9 Å². The number of rotatable bonds is 3. The second-order valence-electron chi connectivity index (χ2n) is 5.92. The van der Waals surface area contributed by atoms with Crippen molar-refractivity contribution in [3.05, 3.63) is 47.9 Å². The molecule has 0 radical (unpaired) electrons. The van der Waals surface area contributed by atoms with E-state index in [9.17, 15) is 9.59 Å². The van der Waals surface area contributed by atoms with E-state index in [4.69, 9.17) is 4.74 Å². The van der Waals surface area contributed by atoms with Crippen molar-refractivity contribution in [1.29, 1.82) is 0 Å². The van der Waals surface area contributed by atoms with Gasteiger partial charge in [-0.1, -0.05) is 6.07 Å². The number of amides is 1. The zero-order chi connectivity index (χ0) is 17.8. The Morgan fingerprint density at radius 3 is 2.52 bits per heavy atom. The minimum Gasteiger partial charge on any atom is -0.427 e. The van der Waals surface area contributed by atoms with Crippen molar-refractivity contribution in [3.8, 4) is 5.75 Å². The van der Waals surface area contributed by atoms with Crippen LogP contribution in [0.3, 0.4) is 0 Å². The van der Waals surface area contributed by atoms with Gasteiger partial charge in [0.15, 0.2) is 0 Å². The number of nitrogens with zero attached hydrogens (tertiary/aromatic N) is 4. The number of anilines is 1. The number of hydrogen-bond donors (Lipinski definition) is 0. The van der Waals surface area contributed by atoms with Crippen LogP contribution in [0, 0.1) is 6.92 Å². The summed E-state index contributed by atoms with van der Waals surface area (Å²) in [5.74, 6) is 0.802. The average Bonchev–Trinajstić information content (AvgIpc) is 2.61. The molecule has 1 aliphatic rings. The molecule has 0 saturated carbocycles. The summed E-state index contributed by atoms with van der Waals surface area (Å²) in [6, 6.07) is 8.65. The maximum Gasteiger partial charge on any atom is 0.308 e. The number of aryl methyl sites for hydroxylation is 1. The lowest BCUT2D eigenvalue weighted by molar-refractivity contribution is -0.131. The smallest absolute Gasteiger partial charge is 0.308 e. The predicted octanol–water partition coefficient (Wildman–Crippen LogP) is 1.67. The van der Waals surface area contributed by atoms with Gasteiger partial charge in [0, 0.05) is 50.4 Å². The van der Waals surface area contributed by atoms with E-state index >= 15 is 0 Å². The van der Waals surface area contributed by atoms with Crippen molar-refractivity contribution in [2.24, 2.45) is 0 Å². The Morgan fingerprint density at radius 2 is 1.84 bits per heavy atom. The monoisotopic (exact) mass is 340 g/mol. The average molecular weight is 340 g/mol. The minimum absolute atomic E-state index is 0.0625. The standard InChI is InChI=1S/C18H20N4O3/c1-13-10-17(20-12-19-13)21-6-8-22(9-7-21)18(24)15-4-3-5-16(11-15)25-14(2)23/h3-5,10-12H,6-9H2,1-2H3. The first-order valence-corrected chi connectivity index (χ1v) is 8.14. The molecule has 2 aromatic rings. The lowest BCUT2D eigenvalue weighted by atomic mass is 10.1. The number of piperazine rings is 1. The Bertz CT molecular complexity index is 785. The molecule has 7 nitrogen and oxygen atoms in total. The molecule has 0 N–H and O–H groups in total. The molecule has 25 heavy (non-hydrogen) atoms. The molecule has 1 saturated heterocycles. The third kappa shape index (κ3) is 4.12. The molecule has 3 rings (SSSR count). The van der Waals surface area contributed by atoms with Crippen LogP contribution < -0.4 is 9.64 Å². The highest BCUT2D eigenvalue weighted by molar-refractivity contribution is 5.95. The number of hydrogen-bond acceptors (Lipinski definition) is 6. The summed E-state index contributed by atoms with van der Waals surface area (Å²) >= 11 is 0. The molecule has 0 bridgehead atoms. The van der Waals surface area contributed by atoms with Crippen molar-refractivity contribution in [3.63, 3.8) is 0 Å². The fourth-order valence-electron chi connectivity index (χ4n) is 2.79. The third-order valence-electron chi connectivity index (χ3n) is 4.02. The number of aromatic nitrogens is 2. The van der Waals surface area contributed by atoms with E-state index in [0.29, 0.717) is 37.5 Å². The number of ether oxygens (including phenoxy) is 1. The van der Waals surface area contributed by atoms with Crippen LogP contribution in [0.25, 0.3) is 0 Å². The third-order valence-corrected chi connectivity index (χ3v) is 4.02. The normalized spacial score (nSPS) is 14.3.